The molecule has 0 saturated carbocycles. The van der Waals surface area contributed by atoms with E-state index in [2.05, 4.69) is 39.7 Å². The van der Waals surface area contributed by atoms with Gasteiger partial charge in [0.2, 0.25) is 0 Å². The first-order valence-corrected chi connectivity index (χ1v) is 6.57. The molecule has 0 N–H and O–H groups in total. The maximum atomic E-state index is 3.93. The van der Waals surface area contributed by atoms with E-state index in [1.807, 2.05) is 11.8 Å². The van der Waals surface area contributed by atoms with Crippen LogP contribution >= 0.6 is 11.8 Å². The Bertz CT molecular complexity index is 134. The molecule has 0 aromatic carbocycles. The Morgan fingerprint density at radius 3 is 2.00 bits per heavy atom. The van der Waals surface area contributed by atoms with Crippen molar-refractivity contribution < 1.29 is 0 Å². The standard InChI is InChI=1S/C12H24S/c1-6-9-12(13-5,10-7-2)11(4)8-3/h8,11H,3,6-7,9-10H2,1-2,4-5H3. The molecular formula is C12H24S. The van der Waals surface area contributed by atoms with Gasteiger partial charge < -0.3 is 0 Å². The highest BCUT2D eigenvalue weighted by molar-refractivity contribution is 8.00. The molecule has 1 unspecified atom stereocenters. The van der Waals surface area contributed by atoms with Crippen molar-refractivity contribution >= 4 is 11.8 Å². The van der Waals surface area contributed by atoms with Crippen LogP contribution in [0, 0.1) is 5.92 Å². The molecule has 0 spiro atoms. The zero-order valence-electron chi connectivity index (χ0n) is 9.60. The first-order chi connectivity index (χ1) is 6.16. The number of hydrogen-bond acceptors (Lipinski definition) is 1. The van der Waals surface area contributed by atoms with Crippen LogP contribution in [0.15, 0.2) is 12.7 Å². The van der Waals surface area contributed by atoms with Crippen LogP contribution in [0.2, 0.25) is 0 Å². The van der Waals surface area contributed by atoms with Crippen LogP contribution in [0.4, 0.5) is 0 Å². The molecule has 0 saturated heterocycles. The van der Waals surface area contributed by atoms with E-state index in [0.29, 0.717) is 10.7 Å². The van der Waals surface area contributed by atoms with Gasteiger partial charge in [0.1, 0.15) is 0 Å². The van der Waals surface area contributed by atoms with Crippen LogP contribution in [0.1, 0.15) is 46.5 Å². The van der Waals surface area contributed by atoms with Gasteiger partial charge >= 0.3 is 0 Å². The summed E-state index contributed by atoms with van der Waals surface area (Å²) >= 11 is 2.03. The molecule has 0 aromatic heterocycles. The molecule has 13 heavy (non-hydrogen) atoms. The van der Waals surface area contributed by atoms with Crippen molar-refractivity contribution in [3.8, 4) is 0 Å². The van der Waals surface area contributed by atoms with Crippen molar-refractivity contribution in [3.63, 3.8) is 0 Å². The fourth-order valence-corrected chi connectivity index (χ4v) is 3.32. The highest BCUT2D eigenvalue weighted by Gasteiger charge is 2.31. The van der Waals surface area contributed by atoms with Gasteiger partial charge in [0, 0.05) is 4.75 Å². The second kappa shape index (κ2) is 6.53. The van der Waals surface area contributed by atoms with Gasteiger partial charge in [-0.2, -0.15) is 11.8 Å². The minimum absolute atomic E-state index is 0.450. The predicted molar refractivity (Wildman–Crippen MR) is 65.4 cm³/mol. The van der Waals surface area contributed by atoms with Crippen LogP contribution in [0.25, 0.3) is 0 Å². The monoisotopic (exact) mass is 200 g/mol. The molecule has 0 aromatic rings. The fraction of sp³-hybridized carbons (Fsp3) is 0.833. The number of thioether (sulfide) groups is 1. The smallest absolute Gasteiger partial charge is 0.0216 e. The molecule has 78 valence electrons. The van der Waals surface area contributed by atoms with Crippen LogP contribution in [-0.2, 0) is 0 Å². The third-order valence-electron chi connectivity index (χ3n) is 2.94. The summed E-state index contributed by atoms with van der Waals surface area (Å²) in [5.41, 5.74) is 0. The molecule has 0 heterocycles. The van der Waals surface area contributed by atoms with E-state index >= 15 is 0 Å². The number of allylic oxidation sites excluding steroid dienone is 1. The van der Waals surface area contributed by atoms with Crippen LogP contribution in [-0.4, -0.2) is 11.0 Å². The van der Waals surface area contributed by atoms with Crippen molar-refractivity contribution in [1.82, 2.24) is 0 Å². The molecule has 0 amide bonds. The summed E-state index contributed by atoms with van der Waals surface area (Å²) in [5, 5.41) is 0. The quantitative estimate of drug-likeness (QED) is 0.545. The predicted octanol–water partition coefficient (Wildman–Crippen LogP) is 4.51. The molecule has 0 aliphatic carbocycles. The molecule has 0 radical (unpaired) electrons. The summed E-state index contributed by atoms with van der Waals surface area (Å²) in [6.07, 6.45) is 9.54. The zero-order valence-corrected chi connectivity index (χ0v) is 10.4. The third kappa shape index (κ3) is 3.38. The minimum atomic E-state index is 0.450. The number of rotatable bonds is 7. The van der Waals surface area contributed by atoms with E-state index in [0.717, 1.165) is 0 Å². The van der Waals surface area contributed by atoms with Gasteiger partial charge in [0.25, 0.3) is 0 Å². The van der Waals surface area contributed by atoms with Gasteiger partial charge in [-0.05, 0) is 25.0 Å². The van der Waals surface area contributed by atoms with Gasteiger partial charge in [-0.15, -0.1) is 6.58 Å². The van der Waals surface area contributed by atoms with Crippen molar-refractivity contribution in [2.45, 2.75) is 51.2 Å². The SMILES string of the molecule is C=CC(C)C(CCC)(CCC)SC. The van der Waals surface area contributed by atoms with Gasteiger partial charge in [-0.3, -0.25) is 0 Å². The topological polar surface area (TPSA) is 0 Å². The molecule has 0 bridgehead atoms. The second-order valence-electron chi connectivity index (χ2n) is 3.79. The van der Waals surface area contributed by atoms with E-state index < -0.39 is 0 Å². The largest absolute Gasteiger partial charge is 0.158 e. The average molecular weight is 200 g/mol. The summed E-state index contributed by atoms with van der Waals surface area (Å²) in [7, 11) is 0. The Balaban J connectivity index is 4.51. The lowest BCUT2D eigenvalue weighted by Crippen LogP contribution is -2.31. The molecule has 1 atom stereocenters. The average Bonchev–Trinajstić information content (AvgIpc) is 2.16. The Labute approximate surface area is 88.2 Å². The zero-order chi connectivity index (χ0) is 10.3. The van der Waals surface area contributed by atoms with E-state index in [-0.39, 0.29) is 0 Å². The van der Waals surface area contributed by atoms with E-state index in [9.17, 15) is 0 Å². The first kappa shape index (κ1) is 13.1. The van der Waals surface area contributed by atoms with Gasteiger partial charge in [0.05, 0.1) is 0 Å². The maximum absolute atomic E-state index is 3.93. The Kier molecular flexibility index (Phi) is 6.58. The summed E-state index contributed by atoms with van der Waals surface area (Å²) in [5.74, 6) is 0.627. The highest BCUT2D eigenvalue weighted by atomic mass is 32.2. The maximum Gasteiger partial charge on any atom is 0.0216 e. The lowest BCUT2D eigenvalue weighted by atomic mass is 9.85. The molecule has 0 fully saturated rings. The van der Waals surface area contributed by atoms with Crippen molar-refractivity contribution in [2.75, 3.05) is 6.26 Å². The second-order valence-corrected chi connectivity index (χ2v) is 5.01. The van der Waals surface area contributed by atoms with Crippen molar-refractivity contribution in [1.29, 1.82) is 0 Å². The van der Waals surface area contributed by atoms with Crippen molar-refractivity contribution in [3.05, 3.63) is 12.7 Å². The minimum Gasteiger partial charge on any atom is -0.158 e. The molecule has 0 aliphatic heterocycles. The summed E-state index contributed by atoms with van der Waals surface area (Å²) < 4.78 is 0.450. The van der Waals surface area contributed by atoms with Gasteiger partial charge in [0.15, 0.2) is 0 Å². The van der Waals surface area contributed by atoms with Crippen molar-refractivity contribution in [2.24, 2.45) is 5.92 Å². The Hall–Kier alpha value is 0.0900. The van der Waals surface area contributed by atoms with Gasteiger partial charge in [-0.25, -0.2) is 0 Å². The molecule has 0 rings (SSSR count). The highest BCUT2D eigenvalue weighted by Crippen LogP contribution is 2.40. The summed E-state index contributed by atoms with van der Waals surface area (Å²) in [6.45, 7) is 10.8. The van der Waals surface area contributed by atoms with Crippen LogP contribution < -0.4 is 0 Å². The normalized spacial score (nSPS) is 14.2. The van der Waals surface area contributed by atoms with Gasteiger partial charge in [-0.1, -0.05) is 39.7 Å². The third-order valence-corrected chi connectivity index (χ3v) is 4.53. The summed E-state index contributed by atoms with van der Waals surface area (Å²) in [6, 6.07) is 0. The van der Waals surface area contributed by atoms with E-state index in [1.165, 1.54) is 25.7 Å². The Morgan fingerprint density at radius 1 is 1.31 bits per heavy atom. The molecular weight excluding hydrogens is 176 g/mol. The first-order valence-electron chi connectivity index (χ1n) is 5.34. The lowest BCUT2D eigenvalue weighted by molar-refractivity contribution is 0.407. The fourth-order valence-electron chi connectivity index (χ4n) is 2.03. The summed E-state index contributed by atoms with van der Waals surface area (Å²) in [4.78, 5) is 0. The van der Waals surface area contributed by atoms with Crippen LogP contribution in [0.3, 0.4) is 0 Å². The van der Waals surface area contributed by atoms with E-state index in [1.54, 1.807) is 0 Å². The lowest BCUT2D eigenvalue weighted by Gasteiger charge is -2.36. The Morgan fingerprint density at radius 2 is 1.77 bits per heavy atom. The molecule has 1 heteroatoms. The van der Waals surface area contributed by atoms with E-state index in [4.69, 9.17) is 0 Å². The molecule has 0 aliphatic rings. The number of hydrogen-bond donors (Lipinski definition) is 0. The molecule has 0 nitrogen and oxygen atoms in total. The van der Waals surface area contributed by atoms with Crippen LogP contribution in [0.5, 0.6) is 0 Å².